The van der Waals surface area contributed by atoms with Crippen molar-refractivity contribution in [1.82, 2.24) is 4.98 Å². The number of nitrogens with zero attached hydrogens (tertiary/aromatic N) is 2. The molecule has 1 aromatic heterocycles. The van der Waals surface area contributed by atoms with Crippen LogP contribution in [-0.2, 0) is 4.79 Å². The minimum absolute atomic E-state index is 0.0185. The van der Waals surface area contributed by atoms with Gasteiger partial charge in [0.1, 0.15) is 11.6 Å². The second kappa shape index (κ2) is 4.08. The number of carboxylic acids is 1. The lowest BCUT2D eigenvalue weighted by molar-refractivity contribution is -0.132. The molecular formula is C12H14N2O3. The number of likely N-dealkylation sites (N-methyl/N-ethyl adjacent to an activating group) is 1. The molecule has 0 spiro atoms. The quantitative estimate of drug-likeness (QED) is 0.812. The van der Waals surface area contributed by atoms with Crippen LogP contribution in [0.2, 0.25) is 0 Å². The van der Waals surface area contributed by atoms with E-state index in [-0.39, 0.29) is 17.9 Å². The molecule has 0 amide bonds. The zero-order valence-corrected chi connectivity index (χ0v) is 9.77. The molecule has 17 heavy (non-hydrogen) atoms. The second-order valence-electron chi connectivity index (χ2n) is 3.97. The number of hydrogen-bond acceptors (Lipinski definition) is 4. The molecule has 2 rings (SSSR count). The third kappa shape index (κ3) is 1.84. The topological polar surface area (TPSA) is 73.7 Å². The highest BCUT2D eigenvalue weighted by Gasteiger charge is 2.28. The van der Waals surface area contributed by atoms with Gasteiger partial charge in [0, 0.05) is 12.2 Å². The lowest BCUT2D eigenvalue weighted by atomic mass is 10.0. The van der Waals surface area contributed by atoms with Crippen LogP contribution < -0.4 is 4.90 Å². The van der Waals surface area contributed by atoms with Gasteiger partial charge in [0.25, 0.3) is 0 Å². The Morgan fingerprint density at radius 2 is 2.24 bits per heavy atom. The summed E-state index contributed by atoms with van der Waals surface area (Å²) in [7, 11) is 0. The number of carboxylic acid groups (broad SMARTS) is 1. The Balaban J connectivity index is 2.62. The number of aliphatic hydroxyl groups excluding tert-OH is 1. The first-order valence-electron chi connectivity index (χ1n) is 5.43. The van der Waals surface area contributed by atoms with Gasteiger partial charge in [0.2, 0.25) is 0 Å². The van der Waals surface area contributed by atoms with E-state index >= 15 is 0 Å². The summed E-state index contributed by atoms with van der Waals surface area (Å²) in [5, 5.41) is 19.0. The van der Waals surface area contributed by atoms with Gasteiger partial charge < -0.3 is 15.1 Å². The van der Waals surface area contributed by atoms with Crippen molar-refractivity contribution >= 4 is 17.5 Å². The fourth-order valence-electron chi connectivity index (χ4n) is 1.90. The van der Waals surface area contributed by atoms with E-state index in [9.17, 15) is 9.90 Å². The summed E-state index contributed by atoms with van der Waals surface area (Å²) in [4.78, 5) is 17.2. The minimum atomic E-state index is -1.09. The highest BCUT2D eigenvalue weighted by Crippen LogP contribution is 2.31. The molecule has 5 nitrogen and oxygen atoms in total. The predicted molar refractivity (Wildman–Crippen MR) is 64.0 cm³/mol. The number of fused-ring (bicyclic) bond motifs is 1. The largest absolute Gasteiger partial charge is 0.507 e. The molecule has 2 heterocycles. The van der Waals surface area contributed by atoms with Crippen molar-refractivity contribution in [2.45, 2.75) is 13.8 Å². The van der Waals surface area contributed by atoms with Gasteiger partial charge in [-0.3, -0.25) is 0 Å². The Morgan fingerprint density at radius 1 is 1.53 bits per heavy atom. The lowest BCUT2D eigenvalue weighted by Gasteiger charge is -2.29. The maximum absolute atomic E-state index is 11.0. The van der Waals surface area contributed by atoms with Crippen LogP contribution in [0.1, 0.15) is 18.2 Å². The van der Waals surface area contributed by atoms with Crippen molar-refractivity contribution in [3.63, 3.8) is 0 Å². The molecule has 1 aliphatic rings. The third-order valence-corrected chi connectivity index (χ3v) is 2.84. The molecule has 0 aromatic carbocycles. The highest BCUT2D eigenvalue weighted by atomic mass is 16.4. The van der Waals surface area contributed by atoms with E-state index in [1.165, 1.54) is 0 Å². The second-order valence-corrected chi connectivity index (χ2v) is 3.97. The van der Waals surface area contributed by atoms with Gasteiger partial charge in [-0.15, -0.1) is 0 Å². The SMILES string of the molecule is CCN1CC(C(=O)O)=C(O)c2ccc(C)nc21. The van der Waals surface area contributed by atoms with Crippen LogP contribution in [-0.4, -0.2) is 34.3 Å². The molecule has 0 unspecified atom stereocenters. The zero-order chi connectivity index (χ0) is 12.6. The molecule has 0 saturated carbocycles. The summed E-state index contributed by atoms with van der Waals surface area (Å²) in [5.74, 6) is -0.619. The molecule has 1 aromatic rings. The Bertz CT molecular complexity index is 508. The summed E-state index contributed by atoms with van der Waals surface area (Å²) in [6, 6.07) is 3.46. The predicted octanol–water partition coefficient (Wildman–Crippen LogP) is 1.58. The van der Waals surface area contributed by atoms with Crippen LogP contribution in [0.4, 0.5) is 5.82 Å². The molecule has 0 aliphatic carbocycles. The van der Waals surface area contributed by atoms with E-state index in [1.54, 1.807) is 12.1 Å². The van der Waals surface area contributed by atoms with Crippen LogP contribution in [0.15, 0.2) is 17.7 Å². The average molecular weight is 234 g/mol. The zero-order valence-electron chi connectivity index (χ0n) is 9.77. The fourth-order valence-corrected chi connectivity index (χ4v) is 1.90. The summed E-state index contributed by atoms with van der Waals surface area (Å²) in [6.45, 7) is 4.62. The first-order chi connectivity index (χ1) is 8.04. The number of hydrogen-bond donors (Lipinski definition) is 2. The molecule has 0 radical (unpaired) electrons. The van der Waals surface area contributed by atoms with Crippen molar-refractivity contribution in [2.24, 2.45) is 0 Å². The first-order valence-corrected chi connectivity index (χ1v) is 5.43. The first kappa shape index (κ1) is 11.4. The molecule has 0 saturated heterocycles. The highest BCUT2D eigenvalue weighted by molar-refractivity contribution is 5.98. The molecule has 0 atom stereocenters. The standard InChI is InChI=1S/C12H14N2O3/c1-3-14-6-9(12(16)17)10(15)8-5-4-7(2)13-11(8)14/h4-5,15H,3,6H2,1-2H3,(H,16,17). The van der Waals surface area contributed by atoms with Gasteiger partial charge in [-0.05, 0) is 26.0 Å². The number of pyridine rings is 1. The number of anilines is 1. The maximum atomic E-state index is 11.0. The van der Waals surface area contributed by atoms with E-state index in [4.69, 9.17) is 5.11 Å². The number of aliphatic carboxylic acids is 1. The van der Waals surface area contributed by atoms with E-state index in [0.717, 1.165) is 5.69 Å². The van der Waals surface area contributed by atoms with Gasteiger partial charge >= 0.3 is 5.97 Å². The fraction of sp³-hybridized carbons (Fsp3) is 0.333. The van der Waals surface area contributed by atoms with Crippen molar-refractivity contribution in [1.29, 1.82) is 0 Å². The van der Waals surface area contributed by atoms with Crippen LogP contribution in [0.5, 0.6) is 0 Å². The van der Waals surface area contributed by atoms with Crippen LogP contribution >= 0.6 is 0 Å². The summed E-state index contributed by atoms with van der Waals surface area (Å²) < 4.78 is 0. The van der Waals surface area contributed by atoms with Crippen molar-refractivity contribution < 1.29 is 15.0 Å². The van der Waals surface area contributed by atoms with E-state index in [1.807, 2.05) is 18.7 Å². The van der Waals surface area contributed by atoms with Gasteiger partial charge in [-0.25, -0.2) is 9.78 Å². The summed E-state index contributed by atoms with van der Waals surface area (Å²) in [6.07, 6.45) is 0. The van der Waals surface area contributed by atoms with Gasteiger partial charge in [-0.2, -0.15) is 0 Å². The normalized spacial score (nSPS) is 14.8. The van der Waals surface area contributed by atoms with E-state index in [2.05, 4.69) is 4.98 Å². The van der Waals surface area contributed by atoms with Crippen molar-refractivity contribution in [3.8, 4) is 0 Å². The number of carbonyl (C=O) groups is 1. The van der Waals surface area contributed by atoms with E-state index in [0.29, 0.717) is 17.9 Å². The average Bonchev–Trinajstić information content (AvgIpc) is 2.29. The van der Waals surface area contributed by atoms with E-state index < -0.39 is 5.97 Å². The number of aromatic nitrogens is 1. The van der Waals surface area contributed by atoms with Crippen LogP contribution in [0.25, 0.3) is 5.76 Å². The summed E-state index contributed by atoms with van der Waals surface area (Å²) >= 11 is 0. The Labute approximate surface area is 99.0 Å². The maximum Gasteiger partial charge on any atom is 0.337 e. The van der Waals surface area contributed by atoms with Gasteiger partial charge in [-0.1, -0.05) is 0 Å². The Morgan fingerprint density at radius 3 is 2.82 bits per heavy atom. The number of rotatable bonds is 2. The molecule has 0 fully saturated rings. The van der Waals surface area contributed by atoms with Crippen LogP contribution in [0, 0.1) is 6.92 Å². The Hall–Kier alpha value is -2.04. The molecule has 1 aliphatic heterocycles. The van der Waals surface area contributed by atoms with Gasteiger partial charge in [0.05, 0.1) is 17.7 Å². The number of aliphatic hydroxyl groups is 1. The van der Waals surface area contributed by atoms with Crippen molar-refractivity contribution in [3.05, 3.63) is 29.0 Å². The third-order valence-electron chi connectivity index (χ3n) is 2.84. The minimum Gasteiger partial charge on any atom is -0.507 e. The van der Waals surface area contributed by atoms with Crippen LogP contribution in [0.3, 0.4) is 0 Å². The Kier molecular flexibility index (Phi) is 2.75. The molecule has 90 valence electrons. The molecule has 5 heteroatoms. The molecule has 2 N–H and O–H groups in total. The lowest BCUT2D eigenvalue weighted by Crippen LogP contribution is -2.33. The van der Waals surface area contributed by atoms with Crippen molar-refractivity contribution in [2.75, 3.05) is 18.0 Å². The molecular weight excluding hydrogens is 220 g/mol. The summed E-state index contributed by atoms with van der Waals surface area (Å²) in [5.41, 5.74) is 1.35. The molecule has 0 bridgehead atoms. The van der Waals surface area contributed by atoms with Gasteiger partial charge in [0.15, 0.2) is 0 Å². The smallest absolute Gasteiger partial charge is 0.337 e. The number of aryl methyl sites for hydroxylation is 1. The monoisotopic (exact) mass is 234 g/mol.